The first kappa shape index (κ1) is 23.6. The molecule has 2 fully saturated rings. The zero-order valence-electron chi connectivity index (χ0n) is 19.8. The molecule has 182 valence electrons. The van der Waals surface area contributed by atoms with Gasteiger partial charge in [0, 0.05) is 43.2 Å². The highest BCUT2D eigenvalue weighted by Crippen LogP contribution is 2.27. The van der Waals surface area contributed by atoms with Crippen LogP contribution in [0.15, 0.2) is 66.7 Å². The molecule has 0 unspecified atom stereocenters. The Bertz CT molecular complexity index is 1200. The van der Waals surface area contributed by atoms with E-state index in [0.29, 0.717) is 6.54 Å². The number of carbonyl (C=O) groups is 2. The molecule has 3 aromatic rings. The van der Waals surface area contributed by atoms with Crippen LogP contribution in [0.1, 0.15) is 12.8 Å². The molecule has 6 nitrogen and oxygen atoms in total. The Morgan fingerprint density at radius 2 is 1.51 bits per heavy atom. The number of hydrogen-bond acceptors (Lipinski definition) is 4. The van der Waals surface area contributed by atoms with Gasteiger partial charge in [-0.05, 0) is 49.5 Å². The molecule has 3 aromatic carbocycles. The highest BCUT2D eigenvalue weighted by molar-refractivity contribution is 6.33. The van der Waals surface area contributed by atoms with E-state index < -0.39 is 0 Å². The van der Waals surface area contributed by atoms with Crippen molar-refractivity contribution in [2.45, 2.75) is 12.8 Å². The summed E-state index contributed by atoms with van der Waals surface area (Å²) >= 11 is 6.34. The Balaban J connectivity index is 1.09. The summed E-state index contributed by atoms with van der Waals surface area (Å²) in [6.07, 6.45) is 1.59. The number of rotatable bonds is 5. The summed E-state index contributed by atoms with van der Waals surface area (Å²) in [5.41, 5.74) is 1.88. The molecule has 2 aliphatic rings. The Kier molecular flexibility index (Phi) is 7.21. The minimum Gasteiger partial charge on any atom is -0.367 e. The van der Waals surface area contributed by atoms with E-state index in [1.807, 2.05) is 71.6 Å². The van der Waals surface area contributed by atoms with Crippen LogP contribution in [0.25, 0.3) is 10.8 Å². The van der Waals surface area contributed by atoms with Crippen LogP contribution in [-0.4, -0.2) is 67.4 Å². The molecule has 35 heavy (non-hydrogen) atoms. The van der Waals surface area contributed by atoms with Crippen molar-refractivity contribution in [1.29, 1.82) is 0 Å². The number of nitrogens with zero attached hydrogens (tertiary/aromatic N) is 3. The maximum atomic E-state index is 13.1. The van der Waals surface area contributed by atoms with Gasteiger partial charge in [-0.1, -0.05) is 60.1 Å². The van der Waals surface area contributed by atoms with E-state index in [9.17, 15) is 9.59 Å². The molecule has 2 aliphatic heterocycles. The van der Waals surface area contributed by atoms with Crippen LogP contribution in [0, 0.1) is 5.92 Å². The van der Waals surface area contributed by atoms with Gasteiger partial charge in [-0.2, -0.15) is 0 Å². The lowest BCUT2D eigenvalue weighted by molar-refractivity contribution is -0.137. The fourth-order valence-electron chi connectivity index (χ4n) is 5.20. The van der Waals surface area contributed by atoms with Crippen molar-refractivity contribution in [2.24, 2.45) is 5.92 Å². The number of piperidine rings is 1. The van der Waals surface area contributed by atoms with Gasteiger partial charge in [0.15, 0.2) is 0 Å². The van der Waals surface area contributed by atoms with Crippen molar-refractivity contribution in [2.75, 3.05) is 56.0 Å². The first-order valence-electron chi connectivity index (χ1n) is 12.4. The van der Waals surface area contributed by atoms with E-state index in [-0.39, 0.29) is 17.7 Å². The average Bonchev–Trinajstić information content (AvgIpc) is 2.89. The molecular formula is C28H31ClN4O2. The number of benzene rings is 3. The Morgan fingerprint density at radius 3 is 2.29 bits per heavy atom. The summed E-state index contributed by atoms with van der Waals surface area (Å²) in [4.78, 5) is 32.3. The van der Waals surface area contributed by atoms with E-state index in [1.165, 1.54) is 0 Å². The standard InChI is InChI=1S/C28H31ClN4O2/c29-24-9-3-4-11-26(24)32-16-18-33(19-17-32)28(35)22-12-14-31(15-13-22)20-27(34)30-25-10-5-7-21-6-1-2-8-23(21)25/h1-11,22H,12-20H2,(H,30,34). The van der Waals surface area contributed by atoms with E-state index in [1.54, 1.807) is 0 Å². The van der Waals surface area contributed by atoms with Crippen molar-refractivity contribution in [3.63, 3.8) is 0 Å². The van der Waals surface area contributed by atoms with Gasteiger partial charge in [-0.15, -0.1) is 0 Å². The number of piperazine rings is 1. The summed E-state index contributed by atoms with van der Waals surface area (Å²) in [5, 5.41) is 5.98. The smallest absolute Gasteiger partial charge is 0.238 e. The molecule has 1 N–H and O–H groups in total. The van der Waals surface area contributed by atoms with Crippen molar-refractivity contribution in [3.05, 3.63) is 71.8 Å². The molecule has 5 rings (SSSR count). The predicted octanol–water partition coefficient (Wildman–Crippen LogP) is 4.49. The normalized spacial score (nSPS) is 17.5. The van der Waals surface area contributed by atoms with Crippen molar-refractivity contribution >= 4 is 45.6 Å². The van der Waals surface area contributed by atoms with Crippen molar-refractivity contribution in [1.82, 2.24) is 9.80 Å². The SMILES string of the molecule is O=C(CN1CCC(C(=O)N2CCN(c3ccccc3Cl)CC2)CC1)Nc1cccc2ccccc12. The van der Waals surface area contributed by atoms with Crippen LogP contribution in [0.2, 0.25) is 5.02 Å². The Hall–Kier alpha value is -3.09. The van der Waals surface area contributed by atoms with E-state index in [0.717, 1.165) is 79.3 Å². The number of likely N-dealkylation sites (tertiary alicyclic amines) is 1. The van der Waals surface area contributed by atoms with Gasteiger partial charge >= 0.3 is 0 Å². The summed E-state index contributed by atoms with van der Waals surface area (Å²) < 4.78 is 0. The van der Waals surface area contributed by atoms with Crippen molar-refractivity contribution in [3.8, 4) is 0 Å². The Labute approximate surface area is 211 Å². The number of halogens is 1. The highest BCUT2D eigenvalue weighted by Gasteiger charge is 2.31. The minimum absolute atomic E-state index is 0.0122. The van der Waals surface area contributed by atoms with Crippen LogP contribution in [0.4, 0.5) is 11.4 Å². The topological polar surface area (TPSA) is 55.9 Å². The summed E-state index contributed by atoms with van der Waals surface area (Å²) in [6.45, 7) is 4.90. The lowest BCUT2D eigenvalue weighted by Crippen LogP contribution is -2.52. The predicted molar refractivity (Wildman–Crippen MR) is 142 cm³/mol. The summed E-state index contributed by atoms with van der Waals surface area (Å²) in [5.74, 6) is 0.282. The third-order valence-corrected chi connectivity index (χ3v) is 7.47. The Morgan fingerprint density at radius 1 is 0.829 bits per heavy atom. The van der Waals surface area contributed by atoms with E-state index in [2.05, 4.69) is 15.1 Å². The molecule has 0 saturated carbocycles. The molecule has 0 aliphatic carbocycles. The second-order valence-corrected chi connectivity index (χ2v) is 9.80. The largest absolute Gasteiger partial charge is 0.367 e. The zero-order chi connectivity index (χ0) is 24.2. The number of amides is 2. The van der Waals surface area contributed by atoms with Gasteiger partial charge < -0.3 is 15.1 Å². The molecule has 0 aromatic heterocycles. The lowest BCUT2D eigenvalue weighted by atomic mass is 9.95. The number of carbonyl (C=O) groups excluding carboxylic acids is 2. The number of fused-ring (bicyclic) bond motifs is 1. The first-order valence-corrected chi connectivity index (χ1v) is 12.7. The molecule has 7 heteroatoms. The van der Waals surface area contributed by atoms with Crippen molar-refractivity contribution < 1.29 is 9.59 Å². The fraction of sp³-hybridized carbons (Fsp3) is 0.357. The van der Waals surface area contributed by atoms with E-state index >= 15 is 0 Å². The number of para-hydroxylation sites is 1. The number of nitrogens with one attached hydrogen (secondary N) is 1. The van der Waals surface area contributed by atoms with Gasteiger partial charge in [0.25, 0.3) is 0 Å². The molecular weight excluding hydrogens is 460 g/mol. The third-order valence-electron chi connectivity index (χ3n) is 7.15. The number of anilines is 2. The molecule has 0 spiro atoms. The van der Waals surface area contributed by atoms with E-state index in [4.69, 9.17) is 11.6 Å². The van der Waals surface area contributed by atoms with Gasteiger partial charge in [-0.25, -0.2) is 0 Å². The molecule has 2 heterocycles. The summed E-state index contributed by atoms with van der Waals surface area (Å²) in [7, 11) is 0. The van der Waals surface area contributed by atoms with Gasteiger partial charge in [0.2, 0.25) is 11.8 Å². The molecule has 2 amide bonds. The second kappa shape index (κ2) is 10.7. The lowest BCUT2D eigenvalue weighted by Gasteiger charge is -2.39. The maximum Gasteiger partial charge on any atom is 0.238 e. The second-order valence-electron chi connectivity index (χ2n) is 9.39. The zero-order valence-corrected chi connectivity index (χ0v) is 20.6. The molecule has 2 saturated heterocycles. The fourth-order valence-corrected chi connectivity index (χ4v) is 5.45. The van der Waals surface area contributed by atoms with Crippen LogP contribution in [0.5, 0.6) is 0 Å². The van der Waals surface area contributed by atoms with Crippen LogP contribution in [0.3, 0.4) is 0 Å². The molecule has 0 radical (unpaired) electrons. The van der Waals surface area contributed by atoms with Gasteiger partial charge in [0.1, 0.15) is 0 Å². The number of hydrogen-bond donors (Lipinski definition) is 1. The monoisotopic (exact) mass is 490 g/mol. The van der Waals surface area contributed by atoms with Crippen LogP contribution < -0.4 is 10.2 Å². The van der Waals surface area contributed by atoms with Crippen LogP contribution >= 0.6 is 11.6 Å². The molecule has 0 atom stereocenters. The van der Waals surface area contributed by atoms with Gasteiger partial charge in [0.05, 0.1) is 17.3 Å². The quantitative estimate of drug-likeness (QED) is 0.572. The van der Waals surface area contributed by atoms with Gasteiger partial charge in [-0.3, -0.25) is 14.5 Å². The third kappa shape index (κ3) is 5.44. The first-order chi connectivity index (χ1) is 17.1. The minimum atomic E-state index is -0.0122. The summed E-state index contributed by atoms with van der Waals surface area (Å²) in [6, 6.07) is 21.9. The average molecular weight is 491 g/mol. The van der Waals surface area contributed by atoms with Crippen LogP contribution in [-0.2, 0) is 9.59 Å². The molecule has 0 bridgehead atoms. The maximum absolute atomic E-state index is 13.1. The highest BCUT2D eigenvalue weighted by atomic mass is 35.5.